The van der Waals surface area contributed by atoms with Crippen LogP contribution in [0.25, 0.3) is 10.9 Å². The van der Waals surface area contributed by atoms with Crippen LogP contribution in [0.2, 0.25) is 0 Å². The Morgan fingerprint density at radius 3 is 3.00 bits per heavy atom. The fourth-order valence-electron chi connectivity index (χ4n) is 2.31. The number of methoxy groups -OCH3 is 1. The first-order valence-corrected chi connectivity index (χ1v) is 8.81. The molecule has 0 atom stereocenters. The van der Waals surface area contributed by atoms with Gasteiger partial charge in [0.1, 0.15) is 11.5 Å². The molecular weight excluding hydrogens is 350 g/mol. The first-order valence-electron chi connectivity index (χ1n) is 7.83. The number of pyridine rings is 1. The van der Waals surface area contributed by atoms with Gasteiger partial charge >= 0.3 is 0 Å². The minimum atomic E-state index is -0.249. The van der Waals surface area contributed by atoms with E-state index < -0.39 is 0 Å². The van der Waals surface area contributed by atoms with Gasteiger partial charge in [-0.2, -0.15) is 5.10 Å². The van der Waals surface area contributed by atoms with E-state index in [1.54, 1.807) is 18.3 Å². The van der Waals surface area contributed by atoms with Crippen LogP contribution in [0.1, 0.15) is 5.56 Å². The van der Waals surface area contributed by atoms with Crippen LogP contribution >= 0.6 is 11.8 Å². The first kappa shape index (κ1) is 17.8. The highest BCUT2D eigenvalue weighted by Crippen LogP contribution is 2.25. The van der Waals surface area contributed by atoms with E-state index in [0.29, 0.717) is 11.3 Å². The maximum atomic E-state index is 12.0. The Morgan fingerprint density at radius 1 is 1.31 bits per heavy atom. The molecule has 132 valence electrons. The van der Waals surface area contributed by atoms with Gasteiger partial charge in [0.15, 0.2) is 0 Å². The van der Waals surface area contributed by atoms with Crippen LogP contribution < -0.4 is 10.2 Å². The fraction of sp³-hybridized carbons (Fsp3) is 0.105. The lowest BCUT2D eigenvalue weighted by atomic mass is 10.2. The second-order valence-corrected chi connectivity index (χ2v) is 6.36. The number of para-hydroxylation sites is 1. The van der Waals surface area contributed by atoms with Gasteiger partial charge in [-0.25, -0.2) is 5.43 Å². The molecule has 2 aromatic carbocycles. The van der Waals surface area contributed by atoms with Crippen molar-refractivity contribution in [3.63, 3.8) is 0 Å². The van der Waals surface area contributed by atoms with E-state index in [0.717, 1.165) is 15.8 Å². The largest absolute Gasteiger partial charge is 0.507 e. The summed E-state index contributed by atoms with van der Waals surface area (Å²) in [7, 11) is 1.54. The number of aromatic nitrogens is 1. The van der Waals surface area contributed by atoms with Gasteiger partial charge in [0, 0.05) is 22.0 Å². The summed E-state index contributed by atoms with van der Waals surface area (Å²) in [5.41, 5.74) is 3.78. The summed E-state index contributed by atoms with van der Waals surface area (Å²) in [5.74, 6) is 0.605. The van der Waals surface area contributed by atoms with Gasteiger partial charge in [-0.15, -0.1) is 11.8 Å². The maximum Gasteiger partial charge on any atom is 0.250 e. The van der Waals surface area contributed by atoms with Crippen LogP contribution in [0.3, 0.4) is 0 Å². The predicted molar refractivity (Wildman–Crippen MR) is 103 cm³/mol. The lowest BCUT2D eigenvalue weighted by Crippen LogP contribution is -2.19. The Balaban J connectivity index is 1.59. The van der Waals surface area contributed by atoms with Gasteiger partial charge in [0.2, 0.25) is 5.91 Å². The van der Waals surface area contributed by atoms with Crippen molar-refractivity contribution in [3.05, 3.63) is 60.3 Å². The smallest absolute Gasteiger partial charge is 0.250 e. The van der Waals surface area contributed by atoms with Crippen LogP contribution in [-0.4, -0.2) is 35.1 Å². The number of nitrogens with zero attached hydrogens (tertiary/aromatic N) is 2. The van der Waals surface area contributed by atoms with Gasteiger partial charge in [0.05, 0.1) is 24.6 Å². The van der Waals surface area contributed by atoms with Crippen molar-refractivity contribution in [2.24, 2.45) is 5.10 Å². The molecule has 0 saturated heterocycles. The molecule has 7 heteroatoms. The summed E-state index contributed by atoms with van der Waals surface area (Å²) in [6, 6.07) is 14.5. The third-order valence-corrected chi connectivity index (χ3v) is 4.63. The molecule has 3 rings (SSSR count). The van der Waals surface area contributed by atoms with E-state index in [2.05, 4.69) is 15.5 Å². The Bertz CT molecular complexity index is 954. The summed E-state index contributed by atoms with van der Waals surface area (Å²) in [6.07, 6.45) is 3.11. The Morgan fingerprint density at radius 2 is 2.15 bits per heavy atom. The standard InChI is InChI=1S/C19H17N3O3S/c1-25-15-7-8-16(23)14(10-15)11-21-22-18(24)12-26-17-6-2-4-13-5-3-9-20-19(13)17/h2-11,23H,12H2,1H3,(H,22,24)/b21-11-. The quantitative estimate of drug-likeness (QED) is 0.397. The van der Waals surface area contributed by atoms with E-state index in [1.807, 2.05) is 30.3 Å². The number of hydrogen-bond donors (Lipinski definition) is 2. The molecule has 0 unspecified atom stereocenters. The second-order valence-electron chi connectivity index (χ2n) is 5.34. The summed E-state index contributed by atoms with van der Waals surface area (Å²) >= 11 is 1.40. The van der Waals surface area contributed by atoms with Crippen molar-refractivity contribution in [2.45, 2.75) is 4.90 Å². The summed E-state index contributed by atoms with van der Waals surface area (Å²) in [5, 5.41) is 14.7. The monoisotopic (exact) mass is 367 g/mol. The zero-order valence-corrected chi connectivity index (χ0v) is 14.9. The molecule has 0 aliphatic carbocycles. The fourth-order valence-corrected chi connectivity index (χ4v) is 3.14. The molecule has 0 bridgehead atoms. The lowest BCUT2D eigenvalue weighted by Gasteiger charge is -2.05. The molecule has 1 amide bonds. The average Bonchev–Trinajstić information content (AvgIpc) is 2.67. The number of aromatic hydroxyl groups is 1. The molecule has 2 N–H and O–H groups in total. The number of hydrogen-bond acceptors (Lipinski definition) is 6. The molecule has 0 fully saturated rings. The molecule has 0 radical (unpaired) electrons. The molecule has 0 spiro atoms. The van der Waals surface area contributed by atoms with Crippen molar-refractivity contribution in [2.75, 3.05) is 12.9 Å². The number of ether oxygens (including phenoxy) is 1. The normalized spacial score (nSPS) is 11.0. The second kappa shape index (κ2) is 8.35. The van der Waals surface area contributed by atoms with Crippen LogP contribution in [0.5, 0.6) is 11.5 Å². The Hall–Kier alpha value is -3.06. The molecular formula is C19H17N3O3S. The molecule has 1 heterocycles. The number of benzene rings is 2. The Labute approximate surface area is 154 Å². The van der Waals surface area contributed by atoms with Crippen LogP contribution in [-0.2, 0) is 4.79 Å². The maximum absolute atomic E-state index is 12.0. The third kappa shape index (κ3) is 4.31. The number of hydrazone groups is 1. The Kier molecular flexibility index (Phi) is 5.70. The van der Waals surface area contributed by atoms with Gasteiger partial charge in [-0.3, -0.25) is 9.78 Å². The van der Waals surface area contributed by atoms with E-state index in [1.165, 1.54) is 31.2 Å². The minimum Gasteiger partial charge on any atom is -0.507 e. The number of phenolic OH excluding ortho intramolecular Hbond substituents is 1. The van der Waals surface area contributed by atoms with Gasteiger partial charge < -0.3 is 9.84 Å². The van der Waals surface area contributed by atoms with Crippen LogP contribution in [0, 0.1) is 0 Å². The number of carbonyl (C=O) groups excluding carboxylic acids is 1. The molecule has 26 heavy (non-hydrogen) atoms. The average molecular weight is 367 g/mol. The molecule has 0 saturated carbocycles. The number of rotatable bonds is 6. The summed E-state index contributed by atoms with van der Waals surface area (Å²) in [4.78, 5) is 17.3. The topological polar surface area (TPSA) is 83.8 Å². The van der Waals surface area contributed by atoms with Gasteiger partial charge in [-0.1, -0.05) is 18.2 Å². The molecule has 3 aromatic rings. The zero-order valence-electron chi connectivity index (χ0n) is 14.0. The van der Waals surface area contributed by atoms with Crippen molar-refractivity contribution in [3.8, 4) is 11.5 Å². The van der Waals surface area contributed by atoms with E-state index >= 15 is 0 Å². The van der Waals surface area contributed by atoms with Gasteiger partial charge in [-0.05, 0) is 30.3 Å². The van der Waals surface area contributed by atoms with Crippen LogP contribution in [0.4, 0.5) is 0 Å². The van der Waals surface area contributed by atoms with E-state index in [4.69, 9.17) is 4.74 Å². The molecule has 1 aromatic heterocycles. The van der Waals surface area contributed by atoms with Gasteiger partial charge in [0.25, 0.3) is 0 Å². The number of carbonyl (C=O) groups is 1. The highest BCUT2D eigenvalue weighted by atomic mass is 32.2. The predicted octanol–water partition coefficient (Wildman–Crippen LogP) is 3.19. The summed E-state index contributed by atoms with van der Waals surface area (Å²) < 4.78 is 5.09. The first-order chi connectivity index (χ1) is 12.7. The van der Waals surface area contributed by atoms with Crippen molar-refractivity contribution < 1.29 is 14.6 Å². The number of fused-ring (bicyclic) bond motifs is 1. The van der Waals surface area contributed by atoms with E-state index in [-0.39, 0.29) is 17.4 Å². The molecule has 0 aliphatic heterocycles. The molecule has 6 nitrogen and oxygen atoms in total. The third-order valence-electron chi connectivity index (χ3n) is 3.58. The number of thioether (sulfide) groups is 1. The zero-order chi connectivity index (χ0) is 18.4. The lowest BCUT2D eigenvalue weighted by molar-refractivity contribution is -0.118. The van der Waals surface area contributed by atoms with Crippen LogP contribution in [0.15, 0.2) is 64.7 Å². The van der Waals surface area contributed by atoms with E-state index in [9.17, 15) is 9.90 Å². The highest BCUT2D eigenvalue weighted by Gasteiger charge is 2.06. The summed E-state index contributed by atoms with van der Waals surface area (Å²) in [6.45, 7) is 0. The minimum absolute atomic E-state index is 0.0556. The molecule has 0 aliphatic rings. The highest BCUT2D eigenvalue weighted by molar-refractivity contribution is 8.00. The number of amides is 1. The van der Waals surface area contributed by atoms with Crippen molar-refractivity contribution >= 4 is 34.8 Å². The van der Waals surface area contributed by atoms with Crippen molar-refractivity contribution in [1.29, 1.82) is 0 Å². The van der Waals surface area contributed by atoms with Crippen molar-refractivity contribution in [1.82, 2.24) is 10.4 Å². The number of nitrogens with one attached hydrogen (secondary N) is 1. The number of phenols is 1. The SMILES string of the molecule is COc1ccc(O)c(/C=N\NC(=O)CSc2cccc3cccnc23)c1.